The molecule has 146 valence electrons. The Bertz CT molecular complexity index is 1350. The summed E-state index contributed by atoms with van der Waals surface area (Å²) in [4.78, 5) is 40.3. The van der Waals surface area contributed by atoms with E-state index in [2.05, 4.69) is 4.99 Å². The van der Waals surface area contributed by atoms with Crippen LogP contribution < -0.4 is 5.36 Å². The Morgan fingerprint density at radius 3 is 2.53 bits per heavy atom. The van der Waals surface area contributed by atoms with Gasteiger partial charge in [-0.1, -0.05) is 24.3 Å². The van der Waals surface area contributed by atoms with Gasteiger partial charge in [0.1, 0.15) is 0 Å². The standard InChI is InChI=1S/C23H15N3O4/c27-17-9-10-19-20(24-15-5-7-16(8-6-15)26(29)30)12-22-23(28)18-4-2-1-3-14(18)13-25(22)21(19)11-17/h1-10,12H,11,13H2. The minimum Gasteiger partial charge on any atom is -0.336 e. The van der Waals surface area contributed by atoms with E-state index in [1.54, 1.807) is 30.3 Å². The fourth-order valence-electron chi connectivity index (χ4n) is 3.93. The van der Waals surface area contributed by atoms with Gasteiger partial charge in [-0.2, -0.15) is 0 Å². The second-order valence-electron chi connectivity index (χ2n) is 7.21. The van der Waals surface area contributed by atoms with Gasteiger partial charge in [-0.25, -0.2) is 4.99 Å². The van der Waals surface area contributed by atoms with Gasteiger partial charge in [0.25, 0.3) is 5.69 Å². The second-order valence-corrected chi connectivity index (χ2v) is 7.21. The summed E-state index contributed by atoms with van der Waals surface area (Å²) in [6.07, 6.45) is 3.43. The van der Waals surface area contributed by atoms with E-state index in [9.17, 15) is 19.7 Å². The molecule has 0 bridgehead atoms. The Labute approximate surface area is 170 Å². The number of hydrogen-bond acceptors (Lipinski definition) is 5. The van der Waals surface area contributed by atoms with Gasteiger partial charge in [-0.15, -0.1) is 0 Å². The third-order valence-electron chi connectivity index (χ3n) is 5.39. The first kappa shape index (κ1) is 17.9. The molecule has 1 aliphatic heterocycles. The highest BCUT2D eigenvalue weighted by Gasteiger charge is 2.27. The van der Waals surface area contributed by atoms with Crippen molar-refractivity contribution in [3.63, 3.8) is 0 Å². The van der Waals surface area contributed by atoms with Crippen molar-refractivity contribution in [2.45, 2.75) is 13.0 Å². The number of aromatic nitrogens is 1. The van der Waals surface area contributed by atoms with Crippen LogP contribution in [0.4, 0.5) is 11.4 Å². The van der Waals surface area contributed by atoms with Gasteiger partial charge in [0.15, 0.2) is 5.78 Å². The molecule has 0 atom stereocenters. The normalized spacial score (nSPS) is 14.9. The molecule has 2 heterocycles. The fourth-order valence-corrected chi connectivity index (χ4v) is 3.93. The lowest BCUT2D eigenvalue weighted by molar-refractivity contribution is -0.384. The van der Waals surface area contributed by atoms with Crippen LogP contribution in [0.2, 0.25) is 0 Å². The molecule has 0 saturated heterocycles. The molecule has 3 aromatic rings. The quantitative estimate of drug-likeness (QED) is 0.383. The maximum atomic E-state index is 13.2. The van der Waals surface area contributed by atoms with Crippen molar-refractivity contribution < 1.29 is 14.5 Å². The zero-order chi connectivity index (χ0) is 20.8. The van der Waals surface area contributed by atoms with E-state index in [0.29, 0.717) is 28.8 Å². The summed E-state index contributed by atoms with van der Waals surface area (Å²) in [6, 6.07) is 15.1. The summed E-state index contributed by atoms with van der Waals surface area (Å²) in [5.41, 5.74) is 4.10. The van der Waals surface area contributed by atoms with Crippen molar-refractivity contribution in [1.82, 2.24) is 4.57 Å². The van der Waals surface area contributed by atoms with Gasteiger partial charge in [0.2, 0.25) is 5.78 Å². The molecular formula is C23H15N3O4. The lowest BCUT2D eigenvalue weighted by Gasteiger charge is -2.26. The molecule has 0 amide bonds. The first-order valence-electron chi connectivity index (χ1n) is 9.41. The first-order chi connectivity index (χ1) is 14.5. The molecule has 0 unspecified atom stereocenters. The SMILES string of the molecule is O=C1C=Cc2c(n3c(cc2=Nc2ccc([N+](=O)[O-])cc2)C(=O)c2ccccc2C3)C1. The minimum absolute atomic E-state index is 0.0192. The zero-order valence-corrected chi connectivity index (χ0v) is 15.7. The number of nitro benzene ring substituents is 1. The van der Waals surface area contributed by atoms with Crippen LogP contribution >= 0.6 is 0 Å². The summed E-state index contributed by atoms with van der Waals surface area (Å²) < 4.78 is 1.90. The number of ketones is 2. The Balaban J connectivity index is 1.73. The van der Waals surface area contributed by atoms with Crippen molar-refractivity contribution in [2.75, 3.05) is 0 Å². The van der Waals surface area contributed by atoms with Gasteiger partial charge < -0.3 is 4.57 Å². The van der Waals surface area contributed by atoms with E-state index in [-0.39, 0.29) is 23.7 Å². The molecule has 0 fully saturated rings. The Kier molecular flexibility index (Phi) is 4.03. The maximum Gasteiger partial charge on any atom is 0.269 e. The molecule has 1 aliphatic carbocycles. The highest BCUT2D eigenvalue weighted by molar-refractivity contribution is 6.10. The lowest BCUT2D eigenvalue weighted by atomic mass is 9.93. The second kappa shape index (κ2) is 6.73. The number of allylic oxidation sites excluding steroid dienone is 1. The van der Waals surface area contributed by atoms with Crippen LogP contribution in [0.15, 0.2) is 65.7 Å². The van der Waals surface area contributed by atoms with Gasteiger partial charge >= 0.3 is 0 Å². The van der Waals surface area contributed by atoms with Crippen LogP contribution in [0, 0.1) is 10.1 Å². The van der Waals surface area contributed by atoms with Crippen molar-refractivity contribution in [3.05, 3.63) is 104 Å². The number of hydrogen-bond donors (Lipinski definition) is 0. The molecule has 2 aliphatic rings. The molecular weight excluding hydrogens is 382 g/mol. The molecule has 0 saturated carbocycles. The average Bonchev–Trinajstić information content (AvgIpc) is 2.75. The van der Waals surface area contributed by atoms with Crippen molar-refractivity contribution in [1.29, 1.82) is 0 Å². The number of non-ortho nitro benzene ring substituents is 1. The highest BCUT2D eigenvalue weighted by atomic mass is 16.6. The van der Waals surface area contributed by atoms with E-state index in [1.807, 2.05) is 22.8 Å². The van der Waals surface area contributed by atoms with Crippen LogP contribution in [-0.2, 0) is 17.8 Å². The largest absolute Gasteiger partial charge is 0.336 e. The average molecular weight is 397 g/mol. The third kappa shape index (κ3) is 2.88. The van der Waals surface area contributed by atoms with Gasteiger partial charge in [-0.05, 0) is 35.9 Å². The number of pyridine rings is 1. The van der Waals surface area contributed by atoms with Crippen LogP contribution in [0.1, 0.15) is 32.9 Å². The zero-order valence-electron chi connectivity index (χ0n) is 15.7. The molecule has 7 heteroatoms. The molecule has 2 aromatic carbocycles. The molecule has 0 N–H and O–H groups in total. The highest BCUT2D eigenvalue weighted by Crippen LogP contribution is 2.27. The molecule has 0 radical (unpaired) electrons. The van der Waals surface area contributed by atoms with E-state index in [4.69, 9.17) is 0 Å². The fraction of sp³-hybridized carbons (Fsp3) is 0.0870. The molecule has 30 heavy (non-hydrogen) atoms. The Morgan fingerprint density at radius 1 is 1.00 bits per heavy atom. The summed E-state index contributed by atoms with van der Waals surface area (Å²) in [7, 11) is 0. The van der Waals surface area contributed by atoms with E-state index in [1.165, 1.54) is 18.2 Å². The summed E-state index contributed by atoms with van der Waals surface area (Å²) in [6.45, 7) is 0.512. The monoisotopic (exact) mass is 397 g/mol. The molecule has 7 nitrogen and oxygen atoms in total. The van der Waals surface area contributed by atoms with E-state index < -0.39 is 4.92 Å². The minimum atomic E-state index is -0.467. The molecule has 5 rings (SSSR count). The van der Waals surface area contributed by atoms with Crippen molar-refractivity contribution >= 4 is 29.0 Å². The Morgan fingerprint density at radius 2 is 1.77 bits per heavy atom. The van der Waals surface area contributed by atoms with Gasteiger partial charge in [0, 0.05) is 35.5 Å². The van der Waals surface area contributed by atoms with Crippen LogP contribution in [0.5, 0.6) is 0 Å². The van der Waals surface area contributed by atoms with Crippen LogP contribution in [-0.4, -0.2) is 21.1 Å². The topological polar surface area (TPSA) is 94.6 Å². The number of fused-ring (bicyclic) bond motifs is 4. The van der Waals surface area contributed by atoms with Crippen LogP contribution in [0.3, 0.4) is 0 Å². The smallest absolute Gasteiger partial charge is 0.269 e. The summed E-state index contributed by atoms with van der Waals surface area (Å²) in [5, 5.41) is 11.4. The summed E-state index contributed by atoms with van der Waals surface area (Å²) >= 11 is 0. The van der Waals surface area contributed by atoms with E-state index >= 15 is 0 Å². The summed E-state index contributed by atoms with van der Waals surface area (Å²) in [5.74, 6) is -0.141. The molecule has 1 aromatic heterocycles. The Hall–Kier alpha value is -4.13. The number of benzene rings is 2. The van der Waals surface area contributed by atoms with Crippen LogP contribution in [0.25, 0.3) is 6.08 Å². The number of carbonyl (C=O) groups excluding carboxylic acids is 2. The number of rotatable bonds is 2. The predicted molar refractivity (Wildman–Crippen MR) is 109 cm³/mol. The molecule has 0 spiro atoms. The predicted octanol–water partition coefficient (Wildman–Crippen LogP) is 3.36. The lowest BCUT2D eigenvalue weighted by Crippen LogP contribution is -2.31. The maximum absolute atomic E-state index is 13.2. The van der Waals surface area contributed by atoms with Gasteiger partial charge in [-0.3, -0.25) is 19.7 Å². The third-order valence-corrected chi connectivity index (χ3v) is 5.39. The number of nitro groups is 1. The number of nitrogens with zero attached hydrogens (tertiary/aromatic N) is 3. The first-order valence-corrected chi connectivity index (χ1v) is 9.41. The number of carbonyl (C=O) groups is 2. The van der Waals surface area contributed by atoms with Crippen molar-refractivity contribution in [3.8, 4) is 0 Å². The van der Waals surface area contributed by atoms with Crippen molar-refractivity contribution in [2.24, 2.45) is 4.99 Å². The van der Waals surface area contributed by atoms with Gasteiger partial charge in [0.05, 0.1) is 28.1 Å². The van der Waals surface area contributed by atoms with E-state index in [0.717, 1.165) is 16.8 Å².